The number of hydrogen-bond acceptors (Lipinski definition) is 2. The Hall–Kier alpha value is -0.890. The number of thiophene rings is 1. The monoisotopic (exact) mass is 180 g/mol. The highest BCUT2D eigenvalue weighted by atomic mass is 32.1. The van der Waals surface area contributed by atoms with Crippen molar-refractivity contribution in [3.63, 3.8) is 0 Å². The zero-order valence-electron chi connectivity index (χ0n) is 7.55. The molecular weight excluding hydrogens is 168 g/mol. The van der Waals surface area contributed by atoms with E-state index in [2.05, 4.69) is 19.9 Å². The number of aldehydes is 1. The van der Waals surface area contributed by atoms with Crippen molar-refractivity contribution in [3.8, 4) is 0 Å². The van der Waals surface area contributed by atoms with E-state index in [1.54, 1.807) is 11.3 Å². The van der Waals surface area contributed by atoms with E-state index in [4.69, 9.17) is 0 Å². The molecule has 0 aliphatic carbocycles. The third-order valence-corrected chi connectivity index (χ3v) is 2.63. The molecule has 0 unspecified atom stereocenters. The van der Waals surface area contributed by atoms with E-state index in [0.29, 0.717) is 0 Å². The summed E-state index contributed by atoms with van der Waals surface area (Å²) in [5, 5.41) is 0. The van der Waals surface area contributed by atoms with Crippen molar-refractivity contribution in [1.82, 2.24) is 0 Å². The van der Waals surface area contributed by atoms with E-state index in [1.165, 1.54) is 15.3 Å². The molecule has 0 bridgehead atoms. The van der Waals surface area contributed by atoms with Gasteiger partial charge in [0, 0.05) is 9.75 Å². The topological polar surface area (TPSA) is 17.1 Å². The molecule has 12 heavy (non-hydrogen) atoms. The van der Waals surface area contributed by atoms with Crippen molar-refractivity contribution >= 4 is 23.7 Å². The minimum absolute atomic E-state index is 0.774. The van der Waals surface area contributed by atoms with Crippen molar-refractivity contribution in [2.75, 3.05) is 0 Å². The Balaban J connectivity index is 3.03. The van der Waals surface area contributed by atoms with Gasteiger partial charge in [0.1, 0.15) is 6.29 Å². The van der Waals surface area contributed by atoms with Crippen LogP contribution >= 0.6 is 11.3 Å². The van der Waals surface area contributed by atoms with Gasteiger partial charge in [-0.1, -0.05) is 0 Å². The van der Waals surface area contributed by atoms with Crippen LogP contribution in [0.4, 0.5) is 0 Å². The van der Waals surface area contributed by atoms with Crippen LogP contribution in [0.1, 0.15) is 22.2 Å². The number of hydrogen-bond donors (Lipinski definition) is 0. The van der Waals surface area contributed by atoms with Crippen molar-refractivity contribution in [3.05, 3.63) is 27.0 Å². The van der Waals surface area contributed by atoms with E-state index < -0.39 is 0 Å². The summed E-state index contributed by atoms with van der Waals surface area (Å²) in [6.45, 7) is 5.96. The second-order valence-electron chi connectivity index (χ2n) is 2.87. The highest BCUT2D eigenvalue weighted by Gasteiger charge is 1.99. The Kier molecular flexibility index (Phi) is 2.82. The number of allylic oxidation sites excluding steroid dienone is 1. The Morgan fingerprint density at radius 3 is 2.58 bits per heavy atom. The summed E-state index contributed by atoms with van der Waals surface area (Å²) in [7, 11) is 0. The maximum absolute atomic E-state index is 10.4. The van der Waals surface area contributed by atoms with Crippen LogP contribution in [0.2, 0.25) is 0 Å². The highest BCUT2D eigenvalue weighted by molar-refractivity contribution is 7.12. The third-order valence-electron chi connectivity index (χ3n) is 1.65. The molecule has 0 aliphatic rings. The fourth-order valence-corrected chi connectivity index (χ4v) is 1.98. The third kappa shape index (κ3) is 2.05. The van der Waals surface area contributed by atoms with Gasteiger partial charge in [0.25, 0.3) is 0 Å². The van der Waals surface area contributed by atoms with Crippen LogP contribution in [-0.4, -0.2) is 6.29 Å². The molecule has 1 rings (SSSR count). The van der Waals surface area contributed by atoms with E-state index >= 15 is 0 Å². The Bertz CT molecular complexity index is 321. The summed E-state index contributed by atoms with van der Waals surface area (Å²) in [4.78, 5) is 12.9. The summed E-state index contributed by atoms with van der Waals surface area (Å²) in [5.74, 6) is 0. The Labute approximate surface area is 76.7 Å². The molecule has 2 heteroatoms. The summed E-state index contributed by atoms with van der Waals surface area (Å²) in [5.41, 5.74) is 1.94. The standard InChI is InChI=1S/C10H12OS/c1-7(6-11)4-10-5-8(2)12-9(10)3/h4-6H,1-3H3/b7-4-. The van der Waals surface area contributed by atoms with Gasteiger partial charge in [0.15, 0.2) is 0 Å². The van der Waals surface area contributed by atoms with Crippen LogP contribution in [0.25, 0.3) is 6.08 Å². The van der Waals surface area contributed by atoms with E-state index in [0.717, 1.165) is 11.9 Å². The summed E-state index contributed by atoms with van der Waals surface area (Å²) >= 11 is 1.76. The van der Waals surface area contributed by atoms with Crippen molar-refractivity contribution in [2.45, 2.75) is 20.8 Å². The van der Waals surface area contributed by atoms with Crippen LogP contribution in [0.3, 0.4) is 0 Å². The Morgan fingerprint density at radius 1 is 1.50 bits per heavy atom. The first-order valence-electron chi connectivity index (χ1n) is 3.84. The van der Waals surface area contributed by atoms with Crippen LogP contribution in [0.15, 0.2) is 11.6 Å². The summed E-state index contributed by atoms with van der Waals surface area (Å²) < 4.78 is 0. The number of rotatable bonds is 2. The number of carbonyl (C=O) groups is 1. The number of aryl methyl sites for hydroxylation is 2. The molecule has 1 nitrogen and oxygen atoms in total. The van der Waals surface area contributed by atoms with Crippen molar-refractivity contribution in [2.24, 2.45) is 0 Å². The zero-order valence-corrected chi connectivity index (χ0v) is 8.37. The predicted octanol–water partition coefficient (Wildman–Crippen LogP) is 2.97. The first-order chi connectivity index (χ1) is 5.63. The lowest BCUT2D eigenvalue weighted by molar-refractivity contribution is -0.104. The van der Waals surface area contributed by atoms with E-state index in [1.807, 2.05) is 13.0 Å². The molecule has 0 N–H and O–H groups in total. The molecule has 64 valence electrons. The fraction of sp³-hybridized carbons (Fsp3) is 0.300. The van der Waals surface area contributed by atoms with Gasteiger partial charge in [-0.05, 0) is 44.1 Å². The van der Waals surface area contributed by atoms with Crippen molar-refractivity contribution in [1.29, 1.82) is 0 Å². The number of carbonyl (C=O) groups excluding carboxylic acids is 1. The molecule has 1 aromatic rings. The minimum Gasteiger partial charge on any atom is -0.298 e. The van der Waals surface area contributed by atoms with Crippen LogP contribution in [0.5, 0.6) is 0 Å². The van der Waals surface area contributed by atoms with Gasteiger partial charge in [-0.3, -0.25) is 4.79 Å². The molecule has 0 fully saturated rings. The maximum Gasteiger partial charge on any atom is 0.145 e. The van der Waals surface area contributed by atoms with Gasteiger partial charge in [0.05, 0.1) is 0 Å². The van der Waals surface area contributed by atoms with Gasteiger partial charge < -0.3 is 0 Å². The fourth-order valence-electron chi connectivity index (χ4n) is 1.07. The van der Waals surface area contributed by atoms with Crippen LogP contribution < -0.4 is 0 Å². The summed E-state index contributed by atoms with van der Waals surface area (Å²) in [6, 6.07) is 2.10. The van der Waals surface area contributed by atoms with Crippen molar-refractivity contribution < 1.29 is 4.79 Å². The molecule has 1 heterocycles. The van der Waals surface area contributed by atoms with Gasteiger partial charge in [-0.2, -0.15) is 0 Å². The SMILES string of the molecule is C/C(C=O)=C/c1cc(C)sc1C. The lowest BCUT2D eigenvalue weighted by atomic mass is 10.2. The second kappa shape index (κ2) is 3.68. The van der Waals surface area contributed by atoms with E-state index in [-0.39, 0.29) is 0 Å². The molecule has 0 saturated heterocycles. The first kappa shape index (κ1) is 9.20. The van der Waals surface area contributed by atoms with Gasteiger partial charge in [-0.25, -0.2) is 0 Å². The molecule has 0 aliphatic heterocycles. The molecule has 1 aromatic heterocycles. The van der Waals surface area contributed by atoms with Gasteiger partial charge >= 0.3 is 0 Å². The van der Waals surface area contributed by atoms with Crippen LogP contribution in [-0.2, 0) is 4.79 Å². The molecular formula is C10H12OS. The maximum atomic E-state index is 10.4. The van der Waals surface area contributed by atoms with Gasteiger partial charge in [-0.15, -0.1) is 11.3 Å². The van der Waals surface area contributed by atoms with E-state index in [9.17, 15) is 4.79 Å². The smallest absolute Gasteiger partial charge is 0.145 e. The predicted molar refractivity (Wildman–Crippen MR) is 53.5 cm³/mol. The molecule has 0 atom stereocenters. The summed E-state index contributed by atoms with van der Waals surface area (Å²) in [6.07, 6.45) is 2.80. The quantitative estimate of drug-likeness (QED) is 0.505. The van der Waals surface area contributed by atoms with Gasteiger partial charge in [0.2, 0.25) is 0 Å². The minimum atomic E-state index is 0.774. The largest absolute Gasteiger partial charge is 0.298 e. The zero-order chi connectivity index (χ0) is 9.14. The molecule has 0 saturated carbocycles. The second-order valence-corrected chi connectivity index (χ2v) is 4.34. The normalized spacial score (nSPS) is 11.8. The average Bonchev–Trinajstić information content (AvgIpc) is 2.30. The molecule has 0 spiro atoms. The lowest BCUT2D eigenvalue weighted by Crippen LogP contribution is -1.76. The highest BCUT2D eigenvalue weighted by Crippen LogP contribution is 2.22. The first-order valence-corrected chi connectivity index (χ1v) is 4.65. The molecule has 0 aromatic carbocycles. The van der Waals surface area contributed by atoms with Crippen LogP contribution in [0, 0.1) is 13.8 Å². The lowest BCUT2D eigenvalue weighted by Gasteiger charge is -1.89. The molecule has 0 radical (unpaired) electrons. The average molecular weight is 180 g/mol. The Morgan fingerprint density at radius 2 is 2.17 bits per heavy atom. The molecule has 0 amide bonds.